The quantitative estimate of drug-likeness (QED) is 0.542. The van der Waals surface area contributed by atoms with Crippen LogP contribution in [0.4, 0.5) is 0 Å². The lowest BCUT2D eigenvalue weighted by molar-refractivity contribution is -0.0292. The molecule has 1 saturated carbocycles. The van der Waals surface area contributed by atoms with Crippen LogP contribution in [0.25, 0.3) is 5.69 Å². The SMILES string of the molecule is O=C(NCC1CN(Cc2ccccc2)CCO1)c1nnn(-c2ccc(Br)cc2)c1C1CC1. The molecule has 0 spiro atoms. The molecule has 2 fully saturated rings. The lowest BCUT2D eigenvalue weighted by Gasteiger charge is -2.33. The lowest BCUT2D eigenvalue weighted by Crippen LogP contribution is -2.47. The number of morpholine rings is 1. The van der Waals surface area contributed by atoms with Gasteiger partial charge in [0.1, 0.15) is 0 Å². The molecule has 1 amide bonds. The number of hydrogen-bond donors (Lipinski definition) is 1. The molecule has 7 nitrogen and oxygen atoms in total. The number of benzene rings is 2. The van der Waals surface area contributed by atoms with E-state index in [9.17, 15) is 4.79 Å². The smallest absolute Gasteiger partial charge is 0.273 e. The Labute approximate surface area is 195 Å². The second-order valence-corrected chi connectivity index (χ2v) is 9.32. The zero-order valence-corrected chi connectivity index (χ0v) is 19.4. The van der Waals surface area contributed by atoms with E-state index in [2.05, 4.69) is 60.7 Å². The second kappa shape index (κ2) is 9.52. The van der Waals surface area contributed by atoms with Crippen LogP contribution in [0.2, 0.25) is 0 Å². The summed E-state index contributed by atoms with van der Waals surface area (Å²) in [6, 6.07) is 18.3. The van der Waals surface area contributed by atoms with E-state index >= 15 is 0 Å². The highest BCUT2D eigenvalue weighted by Crippen LogP contribution is 2.42. The van der Waals surface area contributed by atoms with Crippen molar-refractivity contribution in [2.75, 3.05) is 26.2 Å². The molecule has 1 aliphatic carbocycles. The maximum atomic E-state index is 13.0. The van der Waals surface area contributed by atoms with E-state index in [4.69, 9.17) is 4.74 Å². The first-order chi connectivity index (χ1) is 15.7. The van der Waals surface area contributed by atoms with Crippen LogP contribution >= 0.6 is 15.9 Å². The summed E-state index contributed by atoms with van der Waals surface area (Å²) in [5.74, 6) is 0.153. The lowest BCUT2D eigenvalue weighted by atomic mass is 10.2. The van der Waals surface area contributed by atoms with Gasteiger partial charge in [-0.25, -0.2) is 4.68 Å². The van der Waals surface area contributed by atoms with Gasteiger partial charge >= 0.3 is 0 Å². The number of carbonyl (C=O) groups excluding carboxylic acids is 1. The minimum Gasteiger partial charge on any atom is -0.374 e. The number of halogens is 1. The highest BCUT2D eigenvalue weighted by molar-refractivity contribution is 9.10. The topological polar surface area (TPSA) is 72.3 Å². The zero-order valence-electron chi connectivity index (χ0n) is 17.8. The number of carbonyl (C=O) groups is 1. The highest BCUT2D eigenvalue weighted by atomic mass is 79.9. The Morgan fingerprint density at radius 3 is 2.66 bits per heavy atom. The van der Waals surface area contributed by atoms with Crippen molar-refractivity contribution in [1.82, 2.24) is 25.2 Å². The number of aromatic nitrogens is 3. The van der Waals surface area contributed by atoms with Crippen LogP contribution in [0.3, 0.4) is 0 Å². The minimum atomic E-state index is -0.181. The second-order valence-electron chi connectivity index (χ2n) is 8.41. The predicted octanol–water partition coefficient (Wildman–Crippen LogP) is 3.54. The normalized spacial score (nSPS) is 19.1. The van der Waals surface area contributed by atoms with Crippen molar-refractivity contribution in [3.05, 3.63) is 76.0 Å². The fraction of sp³-hybridized carbons (Fsp3) is 0.375. The molecule has 1 saturated heterocycles. The maximum absolute atomic E-state index is 13.0. The molecule has 2 heterocycles. The van der Waals surface area contributed by atoms with Crippen molar-refractivity contribution in [2.45, 2.75) is 31.4 Å². The molecule has 5 rings (SSSR count). The Hall–Kier alpha value is -2.55. The molecule has 2 aromatic carbocycles. The van der Waals surface area contributed by atoms with Crippen LogP contribution in [0.15, 0.2) is 59.1 Å². The molecule has 3 aromatic rings. The van der Waals surface area contributed by atoms with Crippen LogP contribution in [0.5, 0.6) is 0 Å². The number of rotatable bonds is 7. The molecular weight excluding hydrogens is 470 g/mol. The van der Waals surface area contributed by atoms with E-state index in [1.54, 1.807) is 4.68 Å². The summed E-state index contributed by atoms with van der Waals surface area (Å²) in [5, 5.41) is 11.6. The van der Waals surface area contributed by atoms with Crippen LogP contribution in [0, 0.1) is 0 Å². The molecule has 1 aliphatic heterocycles. The average Bonchev–Trinajstić information content (AvgIpc) is 3.57. The zero-order chi connectivity index (χ0) is 21.9. The third-order valence-corrected chi connectivity index (χ3v) is 6.45. The molecule has 1 unspecified atom stereocenters. The highest BCUT2D eigenvalue weighted by Gasteiger charge is 2.34. The predicted molar refractivity (Wildman–Crippen MR) is 125 cm³/mol. The molecule has 0 bridgehead atoms. The number of nitrogens with one attached hydrogen (secondary N) is 1. The van der Waals surface area contributed by atoms with Crippen molar-refractivity contribution < 1.29 is 9.53 Å². The van der Waals surface area contributed by atoms with E-state index in [1.807, 2.05) is 30.3 Å². The van der Waals surface area contributed by atoms with Gasteiger partial charge in [0.15, 0.2) is 5.69 Å². The number of amides is 1. The van der Waals surface area contributed by atoms with Crippen molar-refractivity contribution in [1.29, 1.82) is 0 Å². The number of hydrogen-bond acceptors (Lipinski definition) is 5. The first kappa shape index (κ1) is 21.3. The molecule has 166 valence electrons. The standard InChI is InChI=1S/C24H26BrN5O2/c25-19-8-10-20(11-9-19)30-23(18-6-7-18)22(27-28-30)24(31)26-14-21-16-29(12-13-32-21)15-17-4-2-1-3-5-17/h1-5,8-11,18,21H,6-7,12-16H2,(H,26,31). The van der Waals surface area contributed by atoms with Crippen molar-refractivity contribution >= 4 is 21.8 Å². The Morgan fingerprint density at radius 2 is 1.91 bits per heavy atom. The summed E-state index contributed by atoms with van der Waals surface area (Å²) in [4.78, 5) is 15.4. The summed E-state index contributed by atoms with van der Waals surface area (Å²) in [6.45, 7) is 3.70. The Bertz CT molecular complexity index is 1070. The maximum Gasteiger partial charge on any atom is 0.273 e. The third kappa shape index (κ3) is 4.92. The molecule has 8 heteroatoms. The van der Waals surface area contributed by atoms with Crippen molar-refractivity contribution in [3.63, 3.8) is 0 Å². The van der Waals surface area contributed by atoms with E-state index < -0.39 is 0 Å². The largest absolute Gasteiger partial charge is 0.374 e. The van der Waals surface area contributed by atoms with Crippen LogP contribution in [-0.4, -0.2) is 58.1 Å². The first-order valence-corrected chi connectivity index (χ1v) is 11.8. The summed E-state index contributed by atoms with van der Waals surface area (Å²) in [7, 11) is 0. The molecule has 1 N–H and O–H groups in total. The van der Waals surface area contributed by atoms with Gasteiger partial charge in [-0.1, -0.05) is 51.5 Å². The molecule has 0 radical (unpaired) electrons. The first-order valence-electron chi connectivity index (χ1n) is 11.0. The average molecular weight is 496 g/mol. The van der Waals surface area contributed by atoms with Gasteiger partial charge in [-0.2, -0.15) is 0 Å². The van der Waals surface area contributed by atoms with E-state index in [-0.39, 0.29) is 12.0 Å². The monoisotopic (exact) mass is 495 g/mol. The van der Waals surface area contributed by atoms with Gasteiger partial charge in [-0.3, -0.25) is 9.69 Å². The molecular formula is C24H26BrN5O2. The van der Waals surface area contributed by atoms with Crippen LogP contribution < -0.4 is 5.32 Å². The van der Waals surface area contributed by atoms with E-state index in [1.165, 1.54) is 5.56 Å². The molecule has 2 aliphatic rings. The van der Waals surface area contributed by atoms with Gasteiger partial charge in [-0.05, 0) is 42.7 Å². The summed E-state index contributed by atoms with van der Waals surface area (Å²) >= 11 is 3.46. The summed E-state index contributed by atoms with van der Waals surface area (Å²) < 4.78 is 8.71. The van der Waals surface area contributed by atoms with E-state index in [0.29, 0.717) is 24.8 Å². The van der Waals surface area contributed by atoms with E-state index in [0.717, 1.165) is 48.3 Å². The molecule has 32 heavy (non-hydrogen) atoms. The Morgan fingerprint density at radius 1 is 1.12 bits per heavy atom. The number of nitrogens with zero attached hydrogens (tertiary/aromatic N) is 4. The van der Waals surface area contributed by atoms with Gasteiger partial charge < -0.3 is 10.1 Å². The third-order valence-electron chi connectivity index (χ3n) is 5.92. The summed E-state index contributed by atoms with van der Waals surface area (Å²) in [6.07, 6.45) is 2.08. The fourth-order valence-electron chi connectivity index (χ4n) is 4.13. The van der Waals surface area contributed by atoms with Gasteiger partial charge in [0.25, 0.3) is 5.91 Å². The number of ether oxygens (including phenoxy) is 1. The van der Waals surface area contributed by atoms with Crippen LogP contribution in [-0.2, 0) is 11.3 Å². The van der Waals surface area contributed by atoms with Gasteiger partial charge in [-0.15, -0.1) is 5.10 Å². The Balaban J connectivity index is 1.23. The van der Waals surface area contributed by atoms with Crippen molar-refractivity contribution in [3.8, 4) is 5.69 Å². The minimum absolute atomic E-state index is 0.0395. The van der Waals surface area contributed by atoms with Crippen LogP contribution in [0.1, 0.15) is 40.5 Å². The molecule has 1 aromatic heterocycles. The Kier molecular flexibility index (Phi) is 6.34. The van der Waals surface area contributed by atoms with Gasteiger partial charge in [0, 0.05) is 36.6 Å². The molecule has 1 atom stereocenters. The summed E-state index contributed by atoms with van der Waals surface area (Å²) in [5.41, 5.74) is 3.53. The fourth-order valence-corrected chi connectivity index (χ4v) is 4.39. The van der Waals surface area contributed by atoms with Gasteiger partial charge in [0.2, 0.25) is 0 Å². The van der Waals surface area contributed by atoms with Gasteiger partial charge in [0.05, 0.1) is 24.1 Å². The van der Waals surface area contributed by atoms with Crippen molar-refractivity contribution in [2.24, 2.45) is 0 Å².